The van der Waals surface area contributed by atoms with Gasteiger partial charge in [-0.25, -0.2) is 0 Å². The molecule has 1 aromatic rings. The second-order valence-electron chi connectivity index (χ2n) is 5.41. The SMILES string of the molecule is Cl.O=C(c1cccc(I)c1)N1CCC2(CCNC2)C1. The highest BCUT2D eigenvalue weighted by Crippen LogP contribution is 2.36. The van der Waals surface area contributed by atoms with Crippen molar-refractivity contribution in [2.75, 3.05) is 26.2 Å². The molecule has 3 nitrogen and oxygen atoms in total. The van der Waals surface area contributed by atoms with E-state index in [0.717, 1.165) is 41.7 Å². The number of nitrogens with one attached hydrogen (secondary N) is 1. The molecule has 1 amide bonds. The third-order valence-corrected chi connectivity index (χ3v) is 4.80. The fraction of sp³-hybridized carbons (Fsp3) is 0.500. The molecule has 1 aromatic carbocycles. The van der Waals surface area contributed by atoms with E-state index in [4.69, 9.17) is 0 Å². The van der Waals surface area contributed by atoms with Gasteiger partial charge in [-0.1, -0.05) is 6.07 Å². The van der Waals surface area contributed by atoms with Gasteiger partial charge in [0.1, 0.15) is 0 Å². The highest BCUT2D eigenvalue weighted by Gasteiger charge is 2.41. The number of hydrogen-bond donors (Lipinski definition) is 1. The summed E-state index contributed by atoms with van der Waals surface area (Å²) in [6, 6.07) is 7.87. The molecule has 0 radical (unpaired) electrons. The molecule has 5 heteroatoms. The number of rotatable bonds is 1. The van der Waals surface area contributed by atoms with Crippen LogP contribution in [-0.2, 0) is 0 Å². The molecule has 0 bridgehead atoms. The predicted molar refractivity (Wildman–Crippen MR) is 86.8 cm³/mol. The molecule has 1 spiro atoms. The average Bonchev–Trinajstić information content (AvgIpc) is 3.00. The summed E-state index contributed by atoms with van der Waals surface area (Å²) in [6.07, 6.45) is 2.36. The Hall–Kier alpha value is -0.330. The van der Waals surface area contributed by atoms with E-state index >= 15 is 0 Å². The van der Waals surface area contributed by atoms with E-state index in [1.54, 1.807) is 0 Å². The molecule has 1 atom stereocenters. The molecular weight excluding hydrogens is 375 g/mol. The monoisotopic (exact) mass is 392 g/mol. The van der Waals surface area contributed by atoms with Gasteiger partial charge < -0.3 is 10.2 Å². The lowest BCUT2D eigenvalue weighted by Gasteiger charge is -2.22. The van der Waals surface area contributed by atoms with E-state index in [1.807, 2.05) is 29.2 Å². The Kier molecular flexibility index (Phi) is 4.74. The number of amides is 1. The van der Waals surface area contributed by atoms with Crippen LogP contribution in [0.3, 0.4) is 0 Å². The number of carbonyl (C=O) groups is 1. The Morgan fingerprint density at radius 3 is 2.89 bits per heavy atom. The molecule has 3 rings (SSSR count). The van der Waals surface area contributed by atoms with Crippen LogP contribution in [-0.4, -0.2) is 37.0 Å². The number of hydrogen-bond acceptors (Lipinski definition) is 2. The smallest absolute Gasteiger partial charge is 0.253 e. The van der Waals surface area contributed by atoms with Crippen LogP contribution in [0, 0.1) is 8.99 Å². The van der Waals surface area contributed by atoms with Gasteiger partial charge in [0.2, 0.25) is 0 Å². The number of nitrogens with zero attached hydrogens (tertiary/aromatic N) is 1. The summed E-state index contributed by atoms with van der Waals surface area (Å²) in [6.45, 7) is 4.00. The number of benzene rings is 1. The topological polar surface area (TPSA) is 32.3 Å². The molecule has 0 saturated carbocycles. The molecule has 0 aromatic heterocycles. The number of likely N-dealkylation sites (tertiary alicyclic amines) is 1. The second-order valence-corrected chi connectivity index (χ2v) is 6.66. The van der Waals surface area contributed by atoms with Gasteiger partial charge in [-0.15, -0.1) is 12.4 Å². The lowest BCUT2D eigenvalue weighted by Crippen LogP contribution is -2.33. The zero-order valence-corrected chi connectivity index (χ0v) is 13.7. The van der Waals surface area contributed by atoms with Crippen molar-refractivity contribution >= 4 is 40.9 Å². The van der Waals surface area contributed by atoms with Gasteiger partial charge in [0.25, 0.3) is 5.91 Å². The zero-order chi connectivity index (χ0) is 12.6. The summed E-state index contributed by atoms with van der Waals surface area (Å²) in [4.78, 5) is 14.5. The quantitative estimate of drug-likeness (QED) is 0.745. The van der Waals surface area contributed by atoms with Crippen molar-refractivity contribution in [3.05, 3.63) is 33.4 Å². The molecule has 0 aliphatic carbocycles. The second kappa shape index (κ2) is 5.97. The van der Waals surface area contributed by atoms with Crippen LogP contribution >= 0.6 is 35.0 Å². The van der Waals surface area contributed by atoms with Crippen molar-refractivity contribution in [2.24, 2.45) is 5.41 Å². The molecule has 2 aliphatic rings. The van der Waals surface area contributed by atoms with Gasteiger partial charge >= 0.3 is 0 Å². The van der Waals surface area contributed by atoms with Gasteiger partial charge in [0, 0.05) is 34.2 Å². The molecular formula is C14H18ClIN2O. The van der Waals surface area contributed by atoms with Crippen LogP contribution in [0.2, 0.25) is 0 Å². The highest BCUT2D eigenvalue weighted by atomic mass is 127. The van der Waals surface area contributed by atoms with Gasteiger partial charge in [-0.05, 0) is 60.2 Å². The molecule has 104 valence electrons. The van der Waals surface area contributed by atoms with Crippen LogP contribution in [0.15, 0.2) is 24.3 Å². The maximum atomic E-state index is 12.4. The van der Waals surface area contributed by atoms with Crippen molar-refractivity contribution in [1.82, 2.24) is 10.2 Å². The Bertz CT molecular complexity index is 474. The third-order valence-electron chi connectivity index (χ3n) is 4.13. The predicted octanol–water partition coefficient (Wildman–Crippen LogP) is 2.54. The average molecular weight is 393 g/mol. The molecule has 1 unspecified atom stereocenters. The highest BCUT2D eigenvalue weighted by molar-refractivity contribution is 14.1. The van der Waals surface area contributed by atoms with Crippen molar-refractivity contribution in [3.63, 3.8) is 0 Å². The van der Waals surface area contributed by atoms with Crippen molar-refractivity contribution in [3.8, 4) is 0 Å². The lowest BCUT2D eigenvalue weighted by molar-refractivity contribution is 0.0775. The van der Waals surface area contributed by atoms with Gasteiger partial charge in [0.15, 0.2) is 0 Å². The summed E-state index contributed by atoms with van der Waals surface area (Å²) >= 11 is 2.25. The minimum atomic E-state index is 0. The van der Waals surface area contributed by atoms with Crippen LogP contribution in [0.1, 0.15) is 23.2 Å². The summed E-state index contributed by atoms with van der Waals surface area (Å²) in [5.41, 5.74) is 1.18. The van der Waals surface area contributed by atoms with Crippen LogP contribution < -0.4 is 5.32 Å². The van der Waals surface area contributed by atoms with Crippen LogP contribution in [0.25, 0.3) is 0 Å². The van der Waals surface area contributed by atoms with Gasteiger partial charge in [-0.2, -0.15) is 0 Å². The zero-order valence-electron chi connectivity index (χ0n) is 10.7. The maximum absolute atomic E-state index is 12.4. The van der Waals surface area contributed by atoms with Crippen molar-refractivity contribution in [1.29, 1.82) is 0 Å². The Morgan fingerprint density at radius 1 is 1.37 bits per heavy atom. The Labute approximate surface area is 133 Å². The van der Waals surface area contributed by atoms with E-state index in [1.165, 1.54) is 6.42 Å². The standard InChI is InChI=1S/C14H17IN2O.ClH/c15-12-3-1-2-11(8-12)13(18)17-7-5-14(10-17)4-6-16-9-14;/h1-3,8,16H,4-7,9-10H2;1H. The van der Waals surface area contributed by atoms with E-state index in [9.17, 15) is 4.79 Å². The maximum Gasteiger partial charge on any atom is 0.253 e. The van der Waals surface area contributed by atoms with Crippen LogP contribution in [0.5, 0.6) is 0 Å². The largest absolute Gasteiger partial charge is 0.338 e. The number of halogens is 2. The first-order chi connectivity index (χ1) is 8.69. The Balaban J connectivity index is 0.00000133. The Morgan fingerprint density at radius 2 is 2.21 bits per heavy atom. The van der Waals surface area contributed by atoms with Crippen molar-refractivity contribution < 1.29 is 4.79 Å². The first kappa shape index (κ1) is 15.1. The first-order valence-electron chi connectivity index (χ1n) is 6.44. The fourth-order valence-corrected chi connectivity index (χ4v) is 3.60. The minimum absolute atomic E-state index is 0. The normalized spacial score (nSPS) is 25.6. The van der Waals surface area contributed by atoms with Gasteiger partial charge in [-0.3, -0.25) is 4.79 Å². The lowest BCUT2D eigenvalue weighted by atomic mass is 9.86. The summed E-state index contributed by atoms with van der Waals surface area (Å²) in [5, 5.41) is 3.42. The summed E-state index contributed by atoms with van der Waals surface area (Å²) in [7, 11) is 0. The first-order valence-corrected chi connectivity index (χ1v) is 7.52. The fourth-order valence-electron chi connectivity index (χ4n) is 3.06. The third kappa shape index (κ3) is 3.06. The summed E-state index contributed by atoms with van der Waals surface area (Å²) in [5.74, 6) is 0.192. The molecule has 2 saturated heterocycles. The van der Waals surface area contributed by atoms with E-state index in [2.05, 4.69) is 27.9 Å². The van der Waals surface area contributed by atoms with E-state index in [-0.39, 0.29) is 18.3 Å². The molecule has 2 fully saturated rings. The van der Waals surface area contributed by atoms with Gasteiger partial charge in [0.05, 0.1) is 0 Å². The molecule has 19 heavy (non-hydrogen) atoms. The van der Waals surface area contributed by atoms with E-state index in [0.29, 0.717) is 5.41 Å². The molecule has 2 aliphatic heterocycles. The molecule has 1 N–H and O–H groups in total. The number of carbonyl (C=O) groups excluding carboxylic acids is 1. The minimum Gasteiger partial charge on any atom is -0.338 e. The van der Waals surface area contributed by atoms with Crippen LogP contribution in [0.4, 0.5) is 0 Å². The summed E-state index contributed by atoms with van der Waals surface area (Å²) < 4.78 is 1.12. The van der Waals surface area contributed by atoms with E-state index < -0.39 is 0 Å². The molecule has 2 heterocycles. The van der Waals surface area contributed by atoms with Crippen molar-refractivity contribution in [2.45, 2.75) is 12.8 Å².